The number of benzene rings is 2. The van der Waals surface area contributed by atoms with Crippen molar-refractivity contribution in [3.63, 3.8) is 0 Å². The number of fused-ring (bicyclic) bond motifs is 1. The van der Waals surface area contributed by atoms with Crippen molar-refractivity contribution in [3.8, 4) is 0 Å². The van der Waals surface area contributed by atoms with Crippen LogP contribution in [0.1, 0.15) is 46.5 Å². The van der Waals surface area contributed by atoms with Gasteiger partial charge in [-0.15, -0.1) is 0 Å². The molecule has 2 aromatic carbocycles. The van der Waals surface area contributed by atoms with E-state index in [1.54, 1.807) is 7.11 Å². The first-order chi connectivity index (χ1) is 14.3. The number of furan rings is 1. The van der Waals surface area contributed by atoms with Crippen LogP contribution >= 0.6 is 0 Å². The van der Waals surface area contributed by atoms with E-state index in [0.29, 0.717) is 24.5 Å². The molecule has 1 N–H and O–H groups in total. The summed E-state index contributed by atoms with van der Waals surface area (Å²) in [6.07, 6.45) is 3.87. The molecule has 1 aromatic heterocycles. The van der Waals surface area contributed by atoms with Gasteiger partial charge in [0, 0.05) is 31.1 Å². The van der Waals surface area contributed by atoms with E-state index in [2.05, 4.69) is 28.4 Å². The number of hydrogen-bond donors (Lipinski definition) is 1. The lowest BCUT2D eigenvalue weighted by Gasteiger charge is -2.27. The van der Waals surface area contributed by atoms with Crippen molar-refractivity contribution in [3.05, 3.63) is 71.0 Å². The monoisotopic (exact) mass is 392 g/mol. The highest BCUT2D eigenvalue weighted by Gasteiger charge is 2.20. The molecule has 0 bridgehead atoms. The number of piperidine rings is 1. The molecule has 1 amide bonds. The third-order valence-corrected chi connectivity index (χ3v) is 5.59. The van der Waals surface area contributed by atoms with E-state index in [4.69, 9.17) is 9.15 Å². The second-order valence-corrected chi connectivity index (χ2v) is 7.63. The maximum Gasteiger partial charge on any atom is 0.287 e. The molecule has 0 atom stereocenters. The number of hydrogen-bond acceptors (Lipinski definition) is 4. The highest BCUT2D eigenvalue weighted by molar-refractivity contribution is 5.99. The summed E-state index contributed by atoms with van der Waals surface area (Å²) in [7, 11) is 1.63. The Morgan fingerprint density at radius 2 is 1.76 bits per heavy atom. The molecule has 3 aromatic rings. The van der Waals surface area contributed by atoms with E-state index in [-0.39, 0.29) is 5.91 Å². The Hall–Kier alpha value is -2.63. The van der Waals surface area contributed by atoms with Gasteiger partial charge < -0.3 is 14.5 Å². The Bertz CT molecular complexity index is 973. The SMILES string of the molecule is COCc1c(C(=O)NCc2ccccc2CN2CCCCC2)oc2ccccc12. The Balaban J connectivity index is 1.49. The number of carbonyl (C=O) groups excluding carboxylic acids is 1. The fraction of sp³-hybridized carbons (Fsp3) is 0.375. The number of methoxy groups -OCH3 is 1. The standard InChI is InChI=1S/C24H28N2O3/c1-28-17-21-20-11-5-6-12-22(20)29-23(21)24(27)25-15-18-9-3-4-10-19(18)16-26-13-7-2-8-14-26/h3-6,9-12H,2,7-8,13-17H2,1H3,(H,25,27). The summed E-state index contributed by atoms with van der Waals surface area (Å²) >= 11 is 0. The van der Waals surface area contributed by atoms with Gasteiger partial charge in [0.25, 0.3) is 5.91 Å². The molecule has 0 unspecified atom stereocenters. The average molecular weight is 392 g/mol. The molecule has 0 aliphatic carbocycles. The van der Waals surface area contributed by atoms with Crippen molar-refractivity contribution in [2.45, 2.75) is 39.0 Å². The van der Waals surface area contributed by atoms with Crippen molar-refractivity contribution < 1.29 is 13.9 Å². The molecule has 2 heterocycles. The molecule has 0 spiro atoms. The van der Waals surface area contributed by atoms with Crippen LogP contribution in [-0.4, -0.2) is 31.0 Å². The highest BCUT2D eigenvalue weighted by Crippen LogP contribution is 2.26. The van der Waals surface area contributed by atoms with Crippen LogP contribution in [-0.2, 0) is 24.4 Å². The summed E-state index contributed by atoms with van der Waals surface area (Å²) in [5.74, 6) is 0.127. The van der Waals surface area contributed by atoms with Gasteiger partial charge in [-0.25, -0.2) is 0 Å². The zero-order valence-corrected chi connectivity index (χ0v) is 16.9. The average Bonchev–Trinajstić information content (AvgIpc) is 3.13. The number of amides is 1. The molecular formula is C24H28N2O3. The van der Waals surface area contributed by atoms with E-state index in [1.165, 1.54) is 24.8 Å². The predicted molar refractivity (Wildman–Crippen MR) is 114 cm³/mol. The predicted octanol–water partition coefficient (Wildman–Crippen LogP) is 4.50. The maximum absolute atomic E-state index is 12.9. The van der Waals surface area contributed by atoms with Crippen LogP contribution in [0.3, 0.4) is 0 Å². The summed E-state index contributed by atoms with van der Waals surface area (Å²) in [5.41, 5.74) is 3.92. The van der Waals surface area contributed by atoms with Crippen molar-refractivity contribution in [2.75, 3.05) is 20.2 Å². The first-order valence-electron chi connectivity index (χ1n) is 10.3. The fourth-order valence-electron chi connectivity index (χ4n) is 4.07. The minimum atomic E-state index is -0.207. The Morgan fingerprint density at radius 3 is 2.55 bits per heavy atom. The molecule has 4 rings (SSSR count). The number of rotatable bonds is 7. The van der Waals surface area contributed by atoms with E-state index in [9.17, 15) is 4.79 Å². The summed E-state index contributed by atoms with van der Waals surface area (Å²) in [5, 5.41) is 3.97. The zero-order valence-electron chi connectivity index (χ0n) is 16.9. The van der Waals surface area contributed by atoms with Gasteiger partial charge in [-0.2, -0.15) is 0 Å². The van der Waals surface area contributed by atoms with Crippen molar-refractivity contribution in [1.82, 2.24) is 10.2 Å². The minimum Gasteiger partial charge on any atom is -0.451 e. The first-order valence-corrected chi connectivity index (χ1v) is 10.3. The summed E-state index contributed by atoms with van der Waals surface area (Å²) in [6.45, 7) is 4.06. The molecule has 1 aliphatic rings. The number of nitrogens with one attached hydrogen (secondary N) is 1. The summed E-state index contributed by atoms with van der Waals surface area (Å²) in [6, 6.07) is 16.0. The van der Waals surface area contributed by atoms with E-state index in [0.717, 1.165) is 36.1 Å². The van der Waals surface area contributed by atoms with Gasteiger partial charge in [-0.1, -0.05) is 48.9 Å². The lowest BCUT2D eigenvalue weighted by molar-refractivity contribution is 0.0918. The van der Waals surface area contributed by atoms with Crippen LogP contribution in [0, 0.1) is 0 Å². The zero-order chi connectivity index (χ0) is 20.1. The summed E-state index contributed by atoms with van der Waals surface area (Å²) < 4.78 is 11.2. The smallest absolute Gasteiger partial charge is 0.287 e. The third-order valence-electron chi connectivity index (χ3n) is 5.59. The Morgan fingerprint density at radius 1 is 1.03 bits per heavy atom. The molecule has 0 saturated carbocycles. The van der Waals surface area contributed by atoms with Gasteiger partial charge in [-0.3, -0.25) is 9.69 Å². The maximum atomic E-state index is 12.9. The van der Waals surface area contributed by atoms with Crippen LogP contribution in [0.25, 0.3) is 11.0 Å². The van der Waals surface area contributed by atoms with Crippen molar-refractivity contribution in [2.24, 2.45) is 0 Å². The second-order valence-electron chi connectivity index (χ2n) is 7.63. The Kier molecular flexibility index (Phi) is 6.27. The minimum absolute atomic E-state index is 0.207. The van der Waals surface area contributed by atoms with E-state index >= 15 is 0 Å². The lowest BCUT2D eigenvalue weighted by atomic mass is 10.0. The lowest BCUT2D eigenvalue weighted by Crippen LogP contribution is -2.30. The van der Waals surface area contributed by atoms with Crippen LogP contribution in [0.2, 0.25) is 0 Å². The topological polar surface area (TPSA) is 54.7 Å². The first kappa shape index (κ1) is 19.7. The number of ether oxygens (including phenoxy) is 1. The normalized spacial score (nSPS) is 14.9. The van der Waals surface area contributed by atoms with Gasteiger partial charge in [-0.05, 0) is 43.1 Å². The molecule has 0 radical (unpaired) electrons. The molecule has 1 saturated heterocycles. The van der Waals surface area contributed by atoms with E-state index in [1.807, 2.05) is 30.3 Å². The molecular weight excluding hydrogens is 364 g/mol. The molecule has 1 aliphatic heterocycles. The van der Waals surface area contributed by atoms with Crippen LogP contribution in [0.5, 0.6) is 0 Å². The van der Waals surface area contributed by atoms with Gasteiger partial charge >= 0.3 is 0 Å². The van der Waals surface area contributed by atoms with Gasteiger partial charge in [0.05, 0.1) is 6.61 Å². The molecule has 29 heavy (non-hydrogen) atoms. The fourth-order valence-corrected chi connectivity index (χ4v) is 4.07. The molecule has 1 fully saturated rings. The quantitative estimate of drug-likeness (QED) is 0.643. The number of nitrogens with zero attached hydrogens (tertiary/aromatic N) is 1. The van der Waals surface area contributed by atoms with Crippen molar-refractivity contribution >= 4 is 16.9 Å². The summed E-state index contributed by atoms with van der Waals surface area (Å²) in [4.78, 5) is 15.4. The van der Waals surface area contributed by atoms with Crippen molar-refractivity contribution in [1.29, 1.82) is 0 Å². The van der Waals surface area contributed by atoms with Crippen LogP contribution in [0.15, 0.2) is 52.9 Å². The van der Waals surface area contributed by atoms with Gasteiger partial charge in [0.2, 0.25) is 0 Å². The van der Waals surface area contributed by atoms with Gasteiger partial charge in [0.15, 0.2) is 5.76 Å². The number of carbonyl (C=O) groups is 1. The van der Waals surface area contributed by atoms with Gasteiger partial charge in [0.1, 0.15) is 5.58 Å². The molecule has 152 valence electrons. The van der Waals surface area contributed by atoms with E-state index < -0.39 is 0 Å². The number of para-hydroxylation sites is 1. The highest BCUT2D eigenvalue weighted by atomic mass is 16.5. The van der Waals surface area contributed by atoms with Crippen LogP contribution < -0.4 is 5.32 Å². The van der Waals surface area contributed by atoms with Crippen LogP contribution in [0.4, 0.5) is 0 Å². The third kappa shape index (κ3) is 4.52. The number of likely N-dealkylation sites (tertiary alicyclic amines) is 1. The second kappa shape index (κ2) is 9.25. The Labute approximate surface area is 171 Å². The molecule has 5 heteroatoms. The largest absolute Gasteiger partial charge is 0.451 e. The molecule has 5 nitrogen and oxygen atoms in total.